The van der Waals surface area contributed by atoms with Crippen LogP contribution in [0.15, 0.2) is 36.5 Å². The first-order valence-corrected chi connectivity index (χ1v) is 23.9. The molecule has 1 amide bonds. The summed E-state index contributed by atoms with van der Waals surface area (Å²) in [5.74, 6) is -0.604. The molecule has 0 radical (unpaired) electrons. The van der Waals surface area contributed by atoms with E-state index < -0.39 is 36.9 Å². The van der Waals surface area contributed by atoms with Crippen LogP contribution >= 0.6 is 0 Å². The minimum atomic E-state index is -1.29. The molecule has 0 fully saturated rings. The third-order valence-corrected chi connectivity index (χ3v) is 11.1. The summed E-state index contributed by atoms with van der Waals surface area (Å²) in [6, 6.07) is -1.01. The van der Waals surface area contributed by atoms with Crippen LogP contribution in [0.3, 0.4) is 0 Å². The normalized spacial score (nSPS) is 14.4. The Labute approximate surface area is 341 Å². The molecule has 0 bridgehead atoms. The van der Waals surface area contributed by atoms with Gasteiger partial charge in [0.1, 0.15) is 12.2 Å². The number of amides is 1. The van der Waals surface area contributed by atoms with E-state index in [2.05, 4.69) is 55.6 Å². The number of rotatable bonds is 43. The third kappa shape index (κ3) is 37.8. The topological polar surface area (TPSA) is 110 Å². The van der Waals surface area contributed by atoms with Gasteiger partial charge in [-0.15, -0.1) is 0 Å². The smallest absolute Gasteiger partial charge is 0.249 e. The largest absolute Gasteiger partial charge is 0.394 e. The second kappa shape index (κ2) is 43.6. The van der Waals surface area contributed by atoms with Gasteiger partial charge in [0.25, 0.3) is 0 Å². The van der Waals surface area contributed by atoms with E-state index in [0.29, 0.717) is 19.3 Å². The molecule has 0 heterocycles. The van der Waals surface area contributed by atoms with Crippen molar-refractivity contribution in [3.05, 3.63) is 36.5 Å². The first kappa shape index (κ1) is 53.5. The van der Waals surface area contributed by atoms with Crippen LogP contribution in [0.2, 0.25) is 0 Å². The minimum Gasteiger partial charge on any atom is -0.394 e. The minimum absolute atomic E-state index is 0.358. The van der Waals surface area contributed by atoms with Gasteiger partial charge in [-0.1, -0.05) is 211 Å². The van der Waals surface area contributed by atoms with Crippen LogP contribution < -0.4 is 5.32 Å². The Morgan fingerprint density at radius 2 is 0.764 bits per heavy atom. The molecule has 0 aliphatic rings. The van der Waals surface area contributed by atoms with Crippen molar-refractivity contribution >= 4 is 5.91 Å². The van der Waals surface area contributed by atoms with Gasteiger partial charge in [0.2, 0.25) is 5.91 Å². The highest BCUT2D eigenvalue weighted by Gasteiger charge is 2.28. The number of unbranched alkanes of at least 4 members (excludes halogenated alkanes) is 28. The number of hydrogen-bond donors (Lipinski definition) is 5. The van der Waals surface area contributed by atoms with Crippen LogP contribution in [0.1, 0.15) is 239 Å². The summed E-state index contributed by atoms with van der Waals surface area (Å²) in [4.78, 5) is 12.4. The molecule has 0 aliphatic carbocycles. The molecule has 0 rings (SSSR count). The molecular formula is C49H93NO5. The molecule has 6 nitrogen and oxygen atoms in total. The summed E-state index contributed by atoms with van der Waals surface area (Å²) >= 11 is 0. The first-order valence-electron chi connectivity index (χ1n) is 23.9. The van der Waals surface area contributed by atoms with Crippen molar-refractivity contribution < 1.29 is 25.2 Å². The number of carbonyl (C=O) groups is 1. The van der Waals surface area contributed by atoms with Gasteiger partial charge in [-0.05, 0) is 64.2 Å². The Morgan fingerprint density at radius 1 is 0.436 bits per heavy atom. The molecule has 324 valence electrons. The van der Waals surface area contributed by atoms with Crippen LogP contribution in [0, 0.1) is 0 Å². The lowest BCUT2D eigenvalue weighted by Gasteiger charge is -2.27. The lowest BCUT2D eigenvalue weighted by Crippen LogP contribution is -2.53. The van der Waals surface area contributed by atoms with E-state index in [0.717, 1.165) is 51.4 Å². The molecule has 4 atom stereocenters. The predicted octanol–water partition coefficient (Wildman–Crippen LogP) is 12.9. The number of hydrogen-bond acceptors (Lipinski definition) is 5. The highest BCUT2D eigenvalue weighted by atomic mass is 16.3. The van der Waals surface area contributed by atoms with E-state index in [4.69, 9.17) is 0 Å². The summed E-state index contributed by atoms with van der Waals surface area (Å²) < 4.78 is 0. The molecular weight excluding hydrogens is 683 g/mol. The van der Waals surface area contributed by atoms with Gasteiger partial charge in [-0.2, -0.15) is 0 Å². The van der Waals surface area contributed by atoms with Gasteiger partial charge < -0.3 is 25.7 Å². The quantitative estimate of drug-likeness (QED) is 0.0313. The fourth-order valence-electron chi connectivity index (χ4n) is 7.26. The lowest BCUT2D eigenvalue weighted by molar-refractivity contribution is -0.132. The van der Waals surface area contributed by atoms with E-state index in [-0.39, 0.29) is 0 Å². The Bertz CT molecular complexity index is 873. The van der Waals surface area contributed by atoms with Gasteiger partial charge in [-0.3, -0.25) is 4.79 Å². The molecule has 0 aromatic heterocycles. The fourth-order valence-corrected chi connectivity index (χ4v) is 7.26. The number of aliphatic hydroxyl groups is 4. The van der Waals surface area contributed by atoms with Crippen molar-refractivity contribution in [1.29, 1.82) is 0 Å². The van der Waals surface area contributed by atoms with Crippen LogP contribution in [0.5, 0.6) is 0 Å². The monoisotopic (exact) mass is 776 g/mol. The second-order valence-corrected chi connectivity index (χ2v) is 16.4. The Balaban J connectivity index is 3.66. The van der Waals surface area contributed by atoms with Crippen molar-refractivity contribution in [2.75, 3.05) is 6.61 Å². The SMILES string of the molecule is CCCCCCCCCCCCCCCCCCCC/C=C/CC/C=C/CC/C=C/CCCC(O)C(O)C(CO)NC(=O)C(O)CCCCCCCCCC. The zero-order valence-electron chi connectivity index (χ0n) is 36.4. The summed E-state index contributed by atoms with van der Waals surface area (Å²) in [6.07, 6.45) is 52.3. The molecule has 0 aromatic carbocycles. The molecule has 6 heteroatoms. The molecule has 0 saturated carbocycles. The highest BCUT2D eigenvalue weighted by molar-refractivity contribution is 5.80. The Hall–Kier alpha value is -1.47. The molecule has 55 heavy (non-hydrogen) atoms. The molecule has 5 N–H and O–H groups in total. The molecule has 4 unspecified atom stereocenters. The summed E-state index contributed by atoms with van der Waals surface area (Å²) in [5.41, 5.74) is 0. The number of carbonyl (C=O) groups excluding carboxylic acids is 1. The summed E-state index contributed by atoms with van der Waals surface area (Å²) in [7, 11) is 0. The van der Waals surface area contributed by atoms with Crippen molar-refractivity contribution in [2.45, 2.75) is 263 Å². The van der Waals surface area contributed by atoms with Crippen molar-refractivity contribution in [2.24, 2.45) is 0 Å². The van der Waals surface area contributed by atoms with Crippen LogP contribution in [-0.4, -0.2) is 57.3 Å². The zero-order valence-corrected chi connectivity index (χ0v) is 36.4. The van der Waals surface area contributed by atoms with Gasteiger partial charge in [0.05, 0.1) is 18.8 Å². The van der Waals surface area contributed by atoms with E-state index in [1.54, 1.807) is 0 Å². The maximum absolute atomic E-state index is 12.4. The molecule has 0 aromatic rings. The van der Waals surface area contributed by atoms with Gasteiger partial charge >= 0.3 is 0 Å². The van der Waals surface area contributed by atoms with Gasteiger partial charge in [0, 0.05) is 0 Å². The van der Waals surface area contributed by atoms with E-state index in [9.17, 15) is 25.2 Å². The number of nitrogens with one attached hydrogen (secondary N) is 1. The van der Waals surface area contributed by atoms with Crippen LogP contribution in [0.25, 0.3) is 0 Å². The maximum atomic E-state index is 12.4. The van der Waals surface area contributed by atoms with Crippen LogP contribution in [0.4, 0.5) is 0 Å². The molecule has 0 saturated heterocycles. The molecule has 0 spiro atoms. The predicted molar refractivity (Wildman–Crippen MR) is 237 cm³/mol. The molecule has 0 aliphatic heterocycles. The van der Waals surface area contributed by atoms with Crippen molar-refractivity contribution in [3.8, 4) is 0 Å². The van der Waals surface area contributed by atoms with Crippen LogP contribution in [-0.2, 0) is 4.79 Å². The first-order chi connectivity index (χ1) is 27.0. The number of aliphatic hydroxyl groups excluding tert-OH is 4. The Morgan fingerprint density at radius 3 is 1.15 bits per heavy atom. The summed E-state index contributed by atoms with van der Waals surface area (Å²) in [5, 5.41) is 43.4. The average molecular weight is 776 g/mol. The second-order valence-electron chi connectivity index (χ2n) is 16.4. The van der Waals surface area contributed by atoms with E-state index in [1.165, 1.54) is 154 Å². The fraction of sp³-hybridized carbons (Fsp3) is 0.857. The van der Waals surface area contributed by atoms with E-state index in [1.807, 2.05) is 0 Å². The Kier molecular flexibility index (Phi) is 42.5. The lowest BCUT2D eigenvalue weighted by atomic mass is 10.00. The standard InChI is InChI=1S/C49H93NO5/c1-3-5-7-9-11-13-14-15-16-17-18-19-20-21-22-23-24-25-26-27-28-29-30-31-32-33-34-35-37-38-40-42-46(52)48(54)45(44-51)50-49(55)47(53)43-41-39-36-12-10-8-6-4-2/h27-28,31-32,35,37,45-48,51-54H,3-26,29-30,33-34,36,38-44H2,1-2H3,(H,50,55)/b28-27+,32-31+,37-35+. The summed E-state index contributed by atoms with van der Waals surface area (Å²) in [6.45, 7) is 3.99. The van der Waals surface area contributed by atoms with E-state index >= 15 is 0 Å². The van der Waals surface area contributed by atoms with Gasteiger partial charge in [-0.25, -0.2) is 0 Å². The number of allylic oxidation sites excluding steroid dienone is 6. The van der Waals surface area contributed by atoms with Crippen molar-refractivity contribution in [1.82, 2.24) is 5.32 Å². The highest BCUT2D eigenvalue weighted by Crippen LogP contribution is 2.16. The third-order valence-electron chi connectivity index (χ3n) is 11.1. The zero-order chi connectivity index (χ0) is 40.3. The van der Waals surface area contributed by atoms with Gasteiger partial charge in [0.15, 0.2) is 0 Å². The average Bonchev–Trinajstić information content (AvgIpc) is 3.19. The van der Waals surface area contributed by atoms with Crippen molar-refractivity contribution in [3.63, 3.8) is 0 Å². The maximum Gasteiger partial charge on any atom is 0.249 e.